The number of esters is 1. The maximum Gasteiger partial charge on any atom is 0.359 e. The van der Waals surface area contributed by atoms with Crippen molar-refractivity contribution >= 4 is 34.5 Å². The van der Waals surface area contributed by atoms with Crippen LogP contribution in [0.5, 0.6) is 5.75 Å². The first-order chi connectivity index (χ1) is 21.0. The van der Waals surface area contributed by atoms with Gasteiger partial charge in [0, 0.05) is 22.5 Å². The number of imidazole rings is 1. The van der Waals surface area contributed by atoms with E-state index in [0.717, 1.165) is 76.8 Å². The standard InChI is InChI=1S/C35H37N3O5/c1-3-43-35(41)31-32(38(20-36-31)25-10-7-11-25)24-16-23-17-26(42-2)13-15-27(23)33-30(21-8-5-4-6-9-21)28-14-12-22(34(39)40)18-29(28)37(33)19-24/h12-18,20-21,25H,3-11,19H2,1-2H3,(H,39,40). The van der Waals surface area contributed by atoms with Crippen molar-refractivity contribution in [2.75, 3.05) is 13.7 Å². The van der Waals surface area contributed by atoms with E-state index in [1.807, 2.05) is 18.2 Å². The Morgan fingerprint density at radius 3 is 2.51 bits per heavy atom. The molecule has 0 spiro atoms. The van der Waals surface area contributed by atoms with Crippen molar-refractivity contribution in [1.29, 1.82) is 0 Å². The Morgan fingerprint density at radius 1 is 1.00 bits per heavy atom. The highest BCUT2D eigenvalue weighted by molar-refractivity contribution is 6.02. The summed E-state index contributed by atoms with van der Waals surface area (Å²) >= 11 is 0. The molecule has 0 radical (unpaired) electrons. The van der Waals surface area contributed by atoms with Gasteiger partial charge in [0.1, 0.15) is 5.75 Å². The van der Waals surface area contributed by atoms with Gasteiger partial charge in [-0.25, -0.2) is 14.6 Å². The first-order valence-corrected chi connectivity index (χ1v) is 15.5. The van der Waals surface area contributed by atoms with Crippen LogP contribution in [0.3, 0.4) is 0 Å². The molecule has 2 saturated carbocycles. The third kappa shape index (κ3) is 4.64. The van der Waals surface area contributed by atoms with Crippen molar-refractivity contribution in [3.63, 3.8) is 0 Å². The van der Waals surface area contributed by atoms with Crippen LogP contribution in [0.25, 0.3) is 33.8 Å². The number of allylic oxidation sites excluding steroid dienone is 1. The smallest absolute Gasteiger partial charge is 0.359 e. The summed E-state index contributed by atoms with van der Waals surface area (Å²) in [6, 6.07) is 12.0. The number of aromatic nitrogens is 3. The molecule has 0 unspecified atom stereocenters. The molecule has 2 aliphatic carbocycles. The number of hydrogen-bond donors (Lipinski definition) is 1. The van der Waals surface area contributed by atoms with Crippen LogP contribution in [-0.2, 0) is 11.3 Å². The molecule has 1 aliphatic heterocycles. The SMILES string of the molecule is CCOC(=O)c1ncn(C2CCC2)c1C1=Cc2cc(OC)ccc2-c2c(C3CCCCC3)c3ccc(C(=O)O)cc3n2C1. The fourth-order valence-corrected chi connectivity index (χ4v) is 7.29. The number of carboxylic acids is 1. The van der Waals surface area contributed by atoms with Crippen LogP contribution in [-0.4, -0.2) is 44.9 Å². The summed E-state index contributed by atoms with van der Waals surface area (Å²) in [5, 5.41) is 11.1. The zero-order chi connectivity index (χ0) is 29.7. The Labute approximate surface area is 250 Å². The van der Waals surface area contributed by atoms with Gasteiger partial charge < -0.3 is 23.7 Å². The van der Waals surface area contributed by atoms with Gasteiger partial charge in [-0.1, -0.05) is 25.3 Å². The number of methoxy groups -OCH3 is 1. The molecule has 2 aromatic heterocycles. The molecule has 1 N–H and O–H groups in total. The molecule has 8 heteroatoms. The average molecular weight is 580 g/mol. The molecule has 0 saturated heterocycles. The molecule has 3 aliphatic rings. The predicted molar refractivity (Wildman–Crippen MR) is 166 cm³/mol. The first kappa shape index (κ1) is 27.5. The number of rotatable bonds is 7. The van der Waals surface area contributed by atoms with Gasteiger partial charge in [-0.05, 0) is 98.1 Å². The highest BCUT2D eigenvalue weighted by atomic mass is 16.5. The van der Waals surface area contributed by atoms with Crippen molar-refractivity contribution < 1.29 is 24.2 Å². The summed E-state index contributed by atoms with van der Waals surface area (Å²) < 4.78 is 15.6. The summed E-state index contributed by atoms with van der Waals surface area (Å²) in [7, 11) is 1.67. The number of carbonyl (C=O) groups excluding carboxylic acids is 1. The third-order valence-corrected chi connectivity index (χ3v) is 9.57. The molecule has 3 heterocycles. The van der Waals surface area contributed by atoms with Gasteiger partial charge in [-0.3, -0.25) is 0 Å². The van der Waals surface area contributed by atoms with Crippen LogP contribution < -0.4 is 4.74 Å². The Morgan fingerprint density at radius 2 is 1.81 bits per heavy atom. The Balaban J connectivity index is 1.52. The first-order valence-electron chi connectivity index (χ1n) is 15.5. The lowest BCUT2D eigenvalue weighted by atomic mass is 9.81. The number of benzene rings is 2. The topological polar surface area (TPSA) is 95.6 Å². The number of nitrogens with zero attached hydrogens (tertiary/aromatic N) is 3. The van der Waals surface area contributed by atoms with E-state index in [4.69, 9.17) is 9.47 Å². The molecule has 0 amide bonds. The molecule has 222 valence electrons. The van der Waals surface area contributed by atoms with E-state index in [9.17, 15) is 14.7 Å². The molecule has 0 atom stereocenters. The number of carboxylic acid groups (broad SMARTS) is 1. The summed E-state index contributed by atoms with van der Waals surface area (Å²) in [5.74, 6) is -0.237. The van der Waals surface area contributed by atoms with Crippen LogP contribution >= 0.6 is 0 Å². The van der Waals surface area contributed by atoms with Gasteiger partial charge in [-0.2, -0.15) is 0 Å². The average Bonchev–Trinajstić information content (AvgIpc) is 3.50. The van der Waals surface area contributed by atoms with E-state index < -0.39 is 11.9 Å². The van der Waals surface area contributed by atoms with Crippen LogP contribution in [0.4, 0.5) is 0 Å². The highest BCUT2D eigenvalue weighted by Gasteiger charge is 2.33. The molecule has 7 rings (SSSR count). The summed E-state index contributed by atoms with van der Waals surface area (Å²) in [5.41, 5.74) is 7.71. The minimum atomic E-state index is -0.946. The van der Waals surface area contributed by atoms with Crippen LogP contribution in [0.15, 0.2) is 42.7 Å². The van der Waals surface area contributed by atoms with E-state index in [1.165, 1.54) is 24.8 Å². The van der Waals surface area contributed by atoms with Gasteiger partial charge in [0.15, 0.2) is 5.69 Å². The Bertz CT molecular complexity index is 1770. The molecule has 0 bridgehead atoms. The summed E-state index contributed by atoms with van der Waals surface area (Å²) in [6.45, 7) is 2.53. The van der Waals surface area contributed by atoms with Gasteiger partial charge in [0.25, 0.3) is 0 Å². The van der Waals surface area contributed by atoms with Crippen molar-refractivity contribution in [3.8, 4) is 17.0 Å². The molecular weight excluding hydrogens is 542 g/mol. The second kappa shape index (κ2) is 11.1. The Hall–Kier alpha value is -4.33. The summed E-state index contributed by atoms with van der Waals surface area (Å²) in [4.78, 5) is 30.0. The minimum absolute atomic E-state index is 0.263. The second-order valence-corrected chi connectivity index (χ2v) is 12.0. The zero-order valence-electron chi connectivity index (χ0n) is 24.8. The lowest BCUT2D eigenvalue weighted by molar-refractivity contribution is 0.0518. The van der Waals surface area contributed by atoms with E-state index >= 15 is 0 Å². The molecule has 2 aromatic carbocycles. The lowest BCUT2D eigenvalue weighted by Gasteiger charge is -2.29. The third-order valence-electron chi connectivity index (χ3n) is 9.57. The number of hydrogen-bond acceptors (Lipinski definition) is 5. The number of aromatic carboxylic acids is 1. The maximum atomic E-state index is 13.3. The van der Waals surface area contributed by atoms with Crippen molar-refractivity contribution in [2.24, 2.45) is 0 Å². The van der Waals surface area contributed by atoms with Gasteiger partial charge in [0.2, 0.25) is 0 Å². The van der Waals surface area contributed by atoms with Crippen LogP contribution in [0.2, 0.25) is 0 Å². The van der Waals surface area contributed by atoms with Crippen LogP contribution in [0.1, 0.15) is 108 Å². The fraction of sp³-hybridized carbons (Fsp3) is 0.400. The largest absolute Gasteiger partial charge is 0.497 e. The van der Waals surface area contributed by atoms with Gasteiger partial charge in [0.05, 0.1) is 43.5 Å². The van der Waals surface area contributed by atoms with Gasteiger partial charge in [-0.15, -0.1) is 0 Å². The number of carbonyl (C=O) groups is 2. The lowest BCUT2D eigenvalue weighted by Crippen LogP contribution is -2.20. The van der Waals surface area contributed by atoms with Crippen molar-refractivity contribution in [3.05, 3.63) is 70.8 Å². The monoisotopic (exact) mass is 579 g/mol. The highest BCUT2D eigenvalue weighted by Crippen LogP contribution is 2.48. The molecule has 2 fully saturated rings. The van der Waals surface area contributed by atoms with E-state index in [0.29, 0.717) is 18.2 Å². The van der Waals surface area contributed by atoms with Crippen molar-refractivity contribution in [1.82, 2.24) is 14.1 Å². The number of ether oxygens (including phenoxy) is 2. The predicted octanol–water partition coefficient (Wildman–Crippen LogP) is 7.72. The molecule has 43 heavy (non-hydrogen) atoms. The van der Waals surface area contributed by atoms with E-state index in [-0.39, 0.29) is 18.2 Å². The quantitative estimate of drug-likeness (QED) is 0.225. The second-order valence-electron chi connectivity index (χ2n) is 12.0. The molecule has 8 nitrogen and oxygen atoms in total. The summed E-state index contributed by atoms with van der Waals surface area (Å²) in [6.07, 6.45) is 13.0. The Kier molecular flexibility index (Phi) is 7.07. The van der Waals surface area contributed by atoms with E-state index in [1.54, 1.807) is 26.4 Å². The normalized spacial score (nSPS) is 17.0. The molecule has 4 aromatic rings. The van der Waals surface area contributed by atoms with Crippen LogP contribution in [0, 0.1) is 0 Å². The molecular formula is C35H37N3O5. The maximum absolute atomic E-state index is 13.3. The van der Waals surface area contributed by atoms with Crippen molar-refractivity contribution in [2.45, 2.75) is 76.8 Å². The number of fused-ring (bicyclic) bond motifs is 5. The van der Waals surface area contributed by atoms with Gasteiger partial charge >= 0.3 is 11.9 Å². The fourth-order valence-electron chi connectivity index (χ4n) is 7.29. The zero-order valence-corrected chi connectivity index (χ0v) is 24.8. The van der Waals surface area contributed by atoms with E-state index in [2.05, 4.69) is 32.3 Å². The minimum Gasteiger partial charge on any atom is -0.497 e.